The third kappa shape index (κ3) is 2.74. The first kappa shape index (κ1) is 11.9. The zero-order valence-corrected chi connectivity index (χ0v) is 9.98. The van der Waals surface area contributed by atoms with Crippen molar-refractivity contribution in [3.63, 3.8) is 0 Å². The van der Waals surface area contributed by atoms with Crippen molar-refractivity contribution in [3.05, 3.63) is 0 Å². The highest BCUT2D eigenvalue weighted by Gasteiger charge is 2.31. The Bertz CT molecular complexity index is 257. The summed E-state index contributed by atoms with van der Waals surface area (Å²) >= 11 is 0. The quantitative estimate of drug-likeness (QED) is 0.730. The standard InChI is InChI=1S/C12H22N2O2/c1-9-3-2-4-14(8-9)11-5-10(12(15)16)6-13-7-11/h9-11,13H,2-8H2,1H3,(H,15,16)/t9-,10-,11+/m1/s1. The Morgan fingerprint density at radius 1 is 1.44 bits per heavy atom. The summed E-state index contributed by atoms with van der Waals surface area (Å²) in [5.41, 5.74) is 0. The molecule has 4 heteroatoms. The van der Waals surface area contributed by atoms with Gasteiger partial charge in [0.05, 0.1) is 5.92 Å². The van der Waals surface area contributed by atoms with Crippen LogP contribution >= 0.6 is 0 Å². The van der Waals surface area contributed by atoms with E-state index in [9.17, 15) is 4.79 Å². The SMILES string of the molecule is C[C@@H]1CCCN([C@@H]2CNC[C@H](C(=O)O)C2)C1. The van der Waals surface area contributed by atoms with E-state index in [0.29, 0.717) is 12.6 Å². The van der Waals surface area contributed by atoms with Crippen LogP contribution in [-0.2, 0) is 4.79 Å². The van der Waals surface area contributed by atoms with Crippen LogP contribution < -0.4 is 5.32 Å². The van der Waals surface area contributed by atoms with E-state index in [1.165, 1.54) is 12.8 Å². The van der Waals surface area contributed by atoms with Crippen LogP contribution in [0.2, 0.25) is 0 Å². The van der Waals surface area contributed by atoms with E-state index in [0.717, 1.165) is 32.0 Å². The molecule has 0 aromatic carbocycles. The first-order valence-corrected chi connectivity index (χ1v) is 6.34. The number of nitrogens with zero attached hydrogens (tertiary/aromatic N) is 1. The third-order valence-electron chi connectivity index (χ3n) is 3.88. The molecule has 2 N–H and O–H groups in total. The average molecular weight is 226 g/mol. The van der Waals surface area contributed by atoms with Crippen LogP contribution in [0.3, 0.4) is 0 Å². The minimum Gasteiger partial charge on any atom is -0.481 e. The van der Waals surface area contributed by atoms with Gasteiger partial charge >= 0.3 is 5.97 Å². The lowest BCUT2D eigenvalue weighted by atomic mass is 9.91. The number of rotatable bonds is 2. The van der Waals surface area contributed by atoms with Gasteiger partial charge in [0, 0.05) is 25.7 Å². The zero-order valence-electron chi connectivity index (χ0n) is 9.98. The van der Waals surface area contributed by atoms with Crippen LogP contribution in [0, 0.1) is 11.8 Å². The van der Waals surface area contributed by atoms with E-state index in [4.69, 9.17) is 5.11 Å². The number of nitrogens with one attached hydrogen (secondary N) is 1. The average Bonchev–Trinajstić information content (AvgIpc) is 2.29. The number of carboxylic acid groups (broad SMARTS) is 1. The predicted octanol–water partition coefficient (Wildman–Crippen LogP) is 0.781. The van der Waals surface area contributed by atoms with Crippen LogP contribution in [0.15, 0.2) is 0 Å². The van der Waals surface area contributed by atoms with Gasteiger partial charge in [0.2, 0.25) is 0 Å². The van der Waals surface area contributed by atoms with E-state index < -0.39 is 5.97 Å². The van der Waals surface area contributed by atoms with Crippen molar-refractivity contribution in [1.82, 2.24) is 10.2 Å². The van der Waals surface area contributed by atoms with Crippen LogP contribution in [0.1, 0.15) is 26.2 Å². The molecular formula is C12H22N2O2. The van der Waals surface area contributed by atoms with Gasteiger partial charge in [-0.2, -0.15) is 0 Å². The fourth-order valence-electron chi connectivity index (χ4n) is 2.94. The second-order valence-corrected chi connectivity index (χ2v) is 5.33. The monoisotopic (exact) mass is 226 g/mol. The van der Waals surface area contributed by atoms with Crippen molar-refractivity contribution in [3.8, 4) is 0 Å². The maximum atomic E-state index is 11.0. The Balaban J connectivity index is 1.90. The molecule has 0 saturated carbocycles. The summed E-state index contributed by atoms with van der Waals surface area (Å²) in [4.78, 5) is 13.5. The van der Waals surface area contributed by atoms with Crippen molar-refractivity contribution in [2.24, 2.45) is 11.8 Å². The van der Waals surface area contributed by atoms with Gasteiger partial charge in [-0.25, -0.2) is 0 Å². The van der Waals surface area contributed by atoms with E-state index >= 15 is 0 Å². The lowest BCUT2D eigenvalue weighted by Crippen LogP contribution is -2.53. The molecule has 2 heterocycles. The number of aliphatic carboxylic acids is 1. The molecule has 0 aliphatic carbocycles. The molecule has 16 heavy (non-hydrogen) atoms. The highest BCUT2D eigenvalue weighted by Crippen LogP contribution is 2.22. The van der Waals surface area contributed by atoms with Gasteiger partial charge in [-0.05, 0) is 31.7 Å². The third-order valence-corrected chi connectivity index (χ3v) is 3.88. The fraction of sp³-hybridized carbons (Fsp3) is 0.917. The number of hydrogen-bond donors (Lipinski definition) is 2. The van der Waals surface area contributed by atoms with Gasteiger partial charge in [-0.1, -0.05) is 6.92 Å². The van der Waals surface area contributed by atoms with Gasteiger partial charge in [0.15, 0.2) is 0 Å². The van der Waals surface area contributed by atoms with Gasteiger partial charge in [0.1, 0.15) is 0 Å². The second-order valence-electron chi connectivity index (χ2n) is 5.33. The van der Waals surface area contributed by atoms with Gasteiger partial charge in [-0.3, -0.25) is 9.69 Å². The van der Waals surface area contributed by atoms with E-state index in [1.807, 2.05) is 0 Å². The Morgan fingerprint density at radius 2 is 2.25 bits per heavy atom. The van der Waals surface area contributed by atoms with Crippen molar-refractivity contribution in [1.29, 1.82) is 0 Å². The second kappa shape index (κ2) is 5.15. The Labute approximate surface area is 97.0 Å². The lowest BCUT2D eigenvalue weighted by Gasteiger charge is -2.40. The molecule has 4 nitrogen and oxygen atoms in total. The molecule has 0 unspecified atom stereocenters. The molecule has 3 atom stereocenters. The Morgan fingerprint density at radius 3 is 2.94 bits per heavy atom. The molecule has 2 fully saturated rings. The summed E-state index contributed by atoms with van der Waals surface area (Å²) in [5.74, 6) is -0.0859. The summed E-state index contributed by atoms with van der Waals surface area (Å²) in [7, 11) is 0. The van der Waals surface area contributed by atoms with E-state index in [-0.39, 0.29) is 5.92 Å². The van der Waals surface area contributed by atoms with Crippen molar-refractivity contribution < 1.29 is 9.90 Å². The molecule has 0 aromatic heterocycles. The number of carbonyl (C=O) groups is 1. The zero-order chi connectivity index (χ0) is 11.5. The minimum atomic E-state index is -0.651. The molecule has 2 rings (SSSR count). The van der Waals surface area contributed by atoms with Crippen LogP contribution in [0.5, 0.6) is 0 Å². The maximum absolute atomic E-state index is 11.0. The topological polar surface area (TPSA) is 52.6 Å². The van der Waals surface area contributed by atoms with Crippen LogP contribution in [-0.4, -0.2) is 48.2 Å². The molecule has 0 aromatic rings. The van der Waals surface area contributed by atoms with Gasteiger partial charge in [0.25, 0.3) is 0 Å². The smallest absolute Gasteiger partial charge is 0.307 e. The number of carboxylic acids is 1. The molecular weight excluding hydrogens is 204 g/mol. The summed E-state index contributed by atoms with van der Waals surface area (Å²) < 4.78 is 0. The largest absolute Gasteiger partial charge is 0.481 e. The molecule has 92 valence electrons. The van der Waals surface area contributed by atoms with Gasteiger partial charge in [-0.15, -0.1) is 0 Å². The number of piperidine rings is 2. The predicted molar refractivity (Wildman–Crippen MR) is 62.4 cm³/mol. The summed E-state index contributed by atoms with van der Waals surface area (Å²) in [6, 6.07) is 0.428. The molecule has 0 spiro atoms. The molecule has 0 amide bonds. The molecule has 0 bridgehead atoms. The molecule has 0 radical (unpaired) electrons. The molecule has 2 aliphatic rings. The highest BCUT2D eigenvalue weighted by atomic mass is 16.4. The first-order valence-electron chi connectivity index (χ1n) is 6.34. The molecule has 2 saturated heterocycles. The fourth-order valence-corrected chi connectivity index (χ4v) is 2.94. The Hall–Kier alpha value is -0.610. The lowest BCUT2D eigenvalue weighted by molar-refractivity contribution is -0.143. The molecule has 2 aliphatic heterocycles. The number of hydrogen-bond acceptors (Lipinski definition) is 3. The normalized spacial score (nSPS) is 37.2. The van der Waals surface area contributed by atoms with Crippen LogP contribution in [0.4, 0.5) is 0 Å². The number of likely N-dealkylation sites (tertiary alicyclic amines) is 1. The minimum absolute atomic E-state index is 0.198. The first-order chi connectivity index (χ1) is 7.66. The van der Waals surface area contributed by atoms with Crippen molar-refractivity contribution >= 4 is 5.97 Å². The van der Waals surface area contributed by atoms with E-state index in [1.54, 1.807) is 0 Å². The summed E-state index contributed by atoms with van der Waals surface area (Å²) in [6.45, 7) is 6.16. The van der Waals surface area contributed by atoms with Gasteiger partial charge < -0.3 is 10.4 Å². The summed E-state index contributed by atoms with van der Waals surface area (Å²) in [6.07, 6.45) is 3.39. The summed E-state index contributed by atoms with van der Waals surface area (Å²) in [5, 5.41) is 12.3. The van der Waals surface area contributed by atoms with Crippen molar-refractivity contribution in [2.45, 2.75) is 32.2 Å². The van der Waals surface area contributed by atoms with E-state index in [2.05, 4.69) is 17.1 Å². The van der Waals surface area contributed by atoms with Crippen LogP contribution in [0.25, 0.3) is 0 Å². The van der Waals surface area contributed by atoms with Crippen molar-refractivity contribution in [2.75, 3.05) is 26.2 Å². The maximum Gasteiger partial charge on any atom is 0.307 e. The Kier molecular flexibility index (Phi) is 3.82. The highest BCUT2D eigenvalue weighted by molar-refractivity contribution is 5.70.